The molecule has 2 aliphatic rings. The molecule has 0 aliphatic carbocycles. The summed E-state index contributed by atoms with van der Waals surface area (Å²) in [4.78, 5) is 34.9. The molecule has 1 N–H and O–H groups in total. The van der Waals surface area contributed by atoms with Gasteiger partial charge in [0.15, 0.2) is 5.92 Å². The maximum atomic E-state index is 13.0. The molecule has 3 heterocycles. The van der Waals surface area contributed by atoms with Crippen LogP contribution >= 0.6 is 0 Å². The van der Waals surface area contributed by atoms with Gasteiger partial charge in [0.25, 0.3) is 0 Å². The van der Waals surface area contributed by atoms with Crippen LogP contribution in [0.2, 0.25) is 0 Å². The van der Waals surface area contributed by atoms with Crippen molar-refractivity contribution in [2.45, 2.75) is 19.0 Å². The van der Waals surface area contributed by atoms with Crippen LogP contribution in [0.5, 0.6) is 0 Å². The maximum absolute atomic E-state index is 13.0. The predicted octanol–water partition coefficient (Wildman–Crippen LogP) is 3.39. The number of benzene rings is 2. The summed E-state index contributed by atoms with van der Waals surface area (Å²) < 4.78 is 10.7. The lowest BCUT2D eigenvalue weighted by Gasteiger charge is -2.41. The third-order valence-corrected chi connectivity index (χ3v) is 6.68. The number of guanidine groups is 1. The molecule has 1 fully saturated rings. The summed E-state index contributed by atoms with van der Waals surface area (Å²) in [6, 6.07) is 23.9. The Hall–Kier alpha value is -3.91. The number of amides is 1. The Balaban J connectivity index is 1.36. The summed E-state index contributed by atoms with van der Waals surface area (Å²) in [7, 11) is 0. The molecule has 2 aliphatic heterocycles. The van der Waals surface area contributed by atoms with Gasteiger partial charge in [0.1, 0.15) is 11.8 Å². The Morgan fingerprint density at radius 3 is 2.19 bits per heavy atom. The largest absolute Gasteiger partial charge is 0.467 e. The molecular formula is C28H30N4O4. The molecule has 2 atom stereocenters. The zero-order chi connectivity index (χ0) is 24.9. The van der Waals surface area contributed by atoms with E-state index < -0.39 is 23.8 Å². The fraction of sp³-hybridized carbons (Fsp3) is 0.321. The second-order valence-corrected chi connectivity index (χ2v) is 8.88. The number of rotatable bonds is 6. The lowest BCUT2D eigenvalue weighted by molar-refractivity contribution is -0.153. The highest BCUT2D eigenvalue weighted by molar-refractivity contribution is 6.08. The van der Waals surface area contributed by atoms with E-state index >= 15 is 0 Å². The Bertz CT molecular complexity index is 1150. The summed E-state index contributed by atoms with van der Waals surface area (Å²) in [5, 5.41) is 2.85. The van der Waals surface area contributed by atoms with E-state index in [4.69, 9.17) is 14.1 Å². The fourth-order valence-electron chi connectivity index (χ4n) is 4.96. The molecule has 5 rings (SSSR count). The Morgan fingerprint density at radius 1 is 1.00 bits per heavy atom. The predicted molar refractivity (Wildman–Crippen MR) is 135 cm³/mol. The molecule has 3 aromatic rings. The number of nitrogens with one attached hydrogen (secondary N) is 1. The molecule has 1 amide bonds. The van der Waals surface area contributed by atoms with E-state index in [1.54, 1.807) is 19.1 Å². The maximum Gasteiger partial charge on any atom is 0.321 e. The molecule has 0 spiro atoms. The molecule has 1 saturated heterocycles. The third kappa shape index (κ3) is 4.90. The molecule has 0 bridgehead atoms. The highest BCUT2D eigenvalue weighted by atomic mass is 16.5. The topological polar surface area (TPSA) is 87.4 Å². The van der Waals surface area contributed by atoms with Crippen molar-refractivity contribution in [2.75, 3.05) is 32.8 Å². The van der Waals surface area contributed by atoms with Crippen LogP contribution in [0.4, 0.5) is 0 Å². The molecule has 8 nitrogen and oxygen atoms in total. The van der Waals surface area contributed by atoms with Gasteiger partial charge >= 0.3 is 5.97 Å². The van der Waals surface area contributed by atoms with Gasteiger partial charge in [-0.15, -0.1) is 0 Å². The number of carbonyl (C=O) groups excluding carboxylic acids is 2. The summed E-state index contributed by atoms with van der Waals surface area (Å²) in [5.41, 5.74) is 2.49. The lowest BCUT2D eigenvalue weighted by Crippen LogP contribution is -2.57. The lowest BCUT2D eigenvalue weighted by atomic mass is 9.95. The monoisotopic (exact) mass is 486 g/mol. The smallest absolute Gasteiger partial charge is 0.321 e. The van der Waals surface area contributed by atoms with Gasteiger partial charge in [-0.3, -0.25) is 19.8 Å². The quantitative estimate of drug-likeness (QED) is 0.425. The molecule has 8 heteroatoms. The average Bonchev–Trinajstić information content (AvgIpc) is 3.45. The van der Waals surface area contributed by atoms with Crippen LogP contribution < -0.4 is 5.32 Å². The summed E-state index contributed by atoms with van der Waals surface area (Å²) in [5.74, 6) is -1.17. The van der Waals surface area contributed by atoms with Crippen molar-refractivity contribution in [1.82, 2.24) is 15.1 Å². The van der Waals surface area contributed by atoms with E-state index in [0.717, 1.165) is 13.1 Å². The Labute approximate surface area is 210 Å². The molecule has 1 aromatic heterocycles. The first kappa shape index (κ1) is 23.8. The van der Waals surface area contributed by atoms with Gasteiger partial charge in [0, 0.05) is 26.2 Å². The minimum absolute atomic E-state index is 0.140. The number of hydrogen-bond donors (Lipinski definition) is 1. The normalized spacial score (nSPS) is 20.7. The van der Waals surface area contributed by atoms with E-state index in [0.29, 0.717) is 24.8 Å². The molecule has 2 aromatic carbocycles. The first-order valence-electron chi connectivity index (χ1n) is 12.3. The summed E-state index contributed by atoms with van der Waals surface area (Å²) >= 11 is 0. The second-order valence-electron chi connectivity index (χ2n) is 8.88. The van der Waals surface area contributed by atoms with Crippen LogP contribution in [0.15, 0.2) is 88.5 Å². The van der Waals surface area contributed by atoms with E-state index in [2.05, 4.69) is 63.6 Å². The molecular weight excluding hydrogens is 456 g/mol. The average molecular weight is 487 g/mol. The summed E-state index contributed by atoms with van der Waals surface area (Å²) in [6.45, 7) is 4.85. The van der Waals surface area contributed by atoms with Crippen molar-refractivity contribution in [3.63, 3.8) is 0 Å². The third-order valence-electron chi connectivity index (χ3n) is 6.68. The van der Waals surface area contributed by atoms with E-state index in [1.807, 2.05) is 12.1 Å². The molecule has 186 valence electrons. The number of hydrogen-bond acceptors (Lipinski definition) is 7. The highest BCUT2D eigenvalue weighted by Gasteiger charge is 2.43. The van der Waals surface area contributed by atoms with Crippen molar-refractivity contribution < 1.29 is 18.7 Å². The van der Waals surface area contributed by atoms with Crippen LogP contribution in [0.25, 0.3) is 0 Å². The number of nitrogens with zero attached hydrogens (tertiary/aromatic N) is 3. The van der Waals surface area contributed by atoms with Crippen molar-refractivity contribution >= 4 is 17.8 Å². The van der Waals surface area contributed by atoms with E-state index in [9.17, 15) is 9.59 Å². The van der Waals surface area contributed by atoms with Gasteiger partial charge in [0.2, 0.25) is 11.9 Å². The molecule has 36 heavy (non-hydrogen) atoms. The Kier molecular flexibility index (Phi) is 7.13. The number of furan rings is 1. The van der Waals surface area contributed by atoms with E-state index in [1.165, 1.54) is 17.4 Å². The van der Waals surface area contributed by atoms with Crippen LogP contribution in [0, 0.1) is 5.92 Å². The standard InChI is InChI=1S/C28H30N4O4/c1-2-35-27(34)23-24(22-14-9-19-36-22)29-28(30-26(23)33)32-17-15-31(16-18-32)25(20-10-5-3-6-11-20)21-12-7-4-8-13-21/h3-14,19,23-25H,2,15-18H2,1H3,(H,29,30,33). The van der Waals surface area contributed by atoms with Crippen molar-refractivity contribution in [2.24, 2.45) is 10.9 Å². The van der Waals surface area contributed by atoms with Gasteiger partial charge in [-0.2, -0.15) is 0 Å². The zero-order valence-electron chi connectivity index (χ0n) is 20.2. The fourth-order valence-corrected chi connectivity index (χ4v) is 4.96. The first-order chi connectivity index (χ1) is 17.7. The number of piperazine rings is 1. The molecule has 2 unspecified atom stereocenters. The van der Waals surface area contributed by atoms with Gasteiger partial charge in [-0.05, 0) is 30.2 Å². The number of ether oxygens (including phenoxy) is 1. The second kappa shape index (κ2) is 10.8. The zero-order valence-corrected chi connectivity index (χ0v) is 20.2. The minimum Gasteiger partial charge on any atom is -0.467 e. The van der Waals surface area contributed by atoms with Gasteiger partial charge in [-0.1, -0.05) is 60.7 Å². The SMILES string of the molecule is CCOC(=O)C1C(=O)NC(N2CCN(C(c3ccccc3)c3ccccc3)CC2)=NC1c1ccco1. The number of carbonyl (C=O) groups is 2. The van der Waals surface area contributed by atoms with Crippen LogP contribution in [-0.2, 0) is 14.3 Å². The van der Waals surface area contributed by atoms with Gasteiger partial charge in [-0.25, -0.2) is 4.99 Å². The first-order valence-corrected chi connectivity index (χ1v) is 12.3. The van der Waals surface area contributed by atoms with Gasteiger partial charge < -0.3 is 14.1 Å². The van der Waals surface area contributed by atoms with Gasteiger partial charge in [0.05, 0.1) is 18.9 Å². The minimum atomic E-state index is -1.08. The molecule has 0 saturated carbocycles. The van der Waals surface area contributed by atoms with Crippen LogP contribution in [0.3, 0.4) is 0 Å². The van der Waals surface area contributed by atoms with Crippen molar-refractivity contribution in [3.8, 4) is 0 Å². The Morgan fingerprint density at radius 2 is 1.64 bits per heavy atom. The summed E-state index contributed by atoms with van der Waals surface area (Å²) in [6.07, 6.45) is 1.52. The van der Waals surface area contributed by atoms with Crippen molar-refractivity contribution in [3.05, 3.63) is 95.9 Å². The highest BCUT2D eigenvalue weighted by Crippen LogP contribution is 2.32. The van der Waals surface area contributed by atoms with Crippen LogP contribution in [-0.4, -0.2) is 60.4 Å². The number of aliphatic imine (C=N–C) groups is 1. The molecule has 0 radical (unpaired) electrons. The van der Waals surface area contributed by atoms with E-state index in [-0.39, 0.29) is 12.6 Å². The van der Waals surface area contributed by atoms with Crippen LogP contribution in [0.1, 0.15) is 35.9 Å². The number of esters is 1. The van der Waals surface area contributed by atoms with Crippen molar-refractivity contribution in [1.29, 1.82) is 0 Å².